The number of nitriles is 1. The third kappa shape index (κ3) is 2.07. The molecule has 0 bridgehead atoms. The molecule has 0 spiro atoms. The van der Waals surface area contributed by atoms with Crippen molar-refractivity contribution < 1.29 is 5.11 Å². The number of hydrogen-bond acceptors (Lipinski definition) is 3. The van der Waals surface area contributed by atoms with Gasteiger partial charge in [0.1, 0.15) is 6.10 Å². The normalized spacial score (nSPS) is 20.1. The van der Waals surface area contributed by atoms with Crippen molar-refractivity contribution >= 4 is 0 Å². The largest absolute Gasteiger partial charge is 0.385 e. The highest BCUT2D eigenvalue weighted by molar-refractivity contribution is 5.16. The number of nitrogens with zero attached hydrogens (tertiary/aromatic N) is 3. The van der Waals surface area contributed by atoms with E-state index in [1.807, 2.05) is 4.57 Å². The molecule has 17 heavy (non-hydrogen) atoms. The first-order chi connectivity index (χ1) is 8.23. The molecule has 4 heteroatoms. The molecule has 2 rings (SSSR count). The SMILES string of the molecule is CCCn1cncc1C(O)C1(C#N)CCCC1. The highest BCUT2D eigenvalue weighted by Gasteiger charge is 2.42. The fourth-order valence-corrected chi connectivity index (χ4v) is 2.72. The molecule has 1 N–H and O–H groups in total. The van der Waals surface area contributed by atoms with E-state index in [0.29, 0.717) is 0 Å². The van der Waals surface area contributed by atoms with Gasteiger partial charge >= 0.3 is 0 Å². The molecule has 0 amide bonds. The monoisotopic (exact) mass is 233 g/mol. The molecule has 92 valence electrons. The summed E-state index contributed by atoms with van der Waals surface area (Å²) in [6.45, 7) is 2.93. The van der Waals surface area contributed by atoms with Crippen molar-refractivity contribution in [3.8, 4) is 6.07 Å². The maximum atomic E-state index is 10.5. The molecule has 1 unspecified atom stereocenters. The molecule has 0 radical (unpaired) electrons. The van der Waals surface area contributed by atoms with Crippen LogP contribution >= 0.6 is 0 Å². The van der Waals surface area contributed by atoms with E-state index in [1.54, 1.807) is 12.5 Å². The van der Waals surface area contributed by atoms with Gasteiger partial charge in [-0.2, -0.15) is 5.26 Å². The van der Waals surface area contributed by atoms with Crippen molar-refractivity contribution in [2.45, 2.75) is 51.7 Å². The zero-order valence-electron chi connectivity index (χ0n) is 10.3. The number of imidazole rings is 1. The number of aromatic nitrogens is 2. The second kappa shape index (κ2) is 4.89. The van der Waals surface area contributed by atoms with Gasteiger partial charge in [0.2, 0.25) is 0 Å². The molecule has 0 saturated heterocycles. The van der Waals surface area contributed by atoms with Gasteiger partial charge in [-0.25, -0.2) is 4.98 Å². The fourth-order valence-electron chi connectivity index (χ4n) is 2.72. The summed E-state index contributed by atoms with van der Waals surface area (Å²) in [4.78, 5) is 4.09. The highest BCUT2D eigenvalue weighted by atomic mass is 16.3. The minimum Gasteiger partial charge on any atom is -0.385 e. The van der Waals surface area contributed by atoms with E-state index in [9.17, 15) is 10.4 Å². The Hall–Kier alpha value is -1.34. The van der Waals surface area contributed by atoms with E-state index in [0.717, 1.165) is 44.3 Å². The van der Waals surface area contributed by atoms with Crippen molar-refractivity contribution in [1.82, 2.24) is 9.55 Å². The second-order valence-corrected chi connectivity index (χ2v) is 4.89. The molecule has 1 aliphatic carbocycles. The van der Waals surface area contributed by atoms with Crippen molar-refractivity contribution in [3.63, 3.8) is 0 Å². The Bertz CT molecular complexity index is 413. The molecule has 1 aromatic heterocycles. The molecule has 0 aromatic carbocycles. The maximum absolute atomic E-state index is 10.5. The van der Waals surface area contributed by atoms with Gasteiger partial charge in [-0.05, 0) is 19.3 Å². The lowest BCUT2D eigenvalue weighted by atomic mass is 9.80. The predicted octanol–water partition coefficient (Wildman–Crippen LogP) is 2.41. The van der Waals surface area contributed by atoms with Crippen LogP contribution in [0.25, 0.3) is 0 Å². The molecular formula is C13H19N3O. The summed E-state index contributed by atoms with van der Waals surface area (Å²) < 4.78 is 1.96. The third-order valence-corrected chi connectivity index (χ3v) is 3.73. The molecule has 1 aliphatic rings. The smallest absolute Gasteiger partial charge is 0.114 e. The average molecular weight is 233 g/mol. The first kappa shape index (κ1) is 12.1. The molecule has 1 aromatic rings. The first-order valence-electron chi connectivity index (χ1n) is 6.33. The summed E-state index contributed by atoms with van der Waals surface area (Å²) >= 11 is 0. The van der Waals surface area contributed by atoms with Gasteiger partial charge in [0.25, 0.3) is 0 Å². The van der Waals surface area contributed by atoms with Crippen LogP contribution in [0, 0.1) is 16.7 Å². The van der Waals surface area contributed by atoms with Gasteiger partial charge in [0, 0.05) is 6.54 Å². The second-order valence-electron chi connectivity index (χ2n) is 4.89. The Kier molecular flexibility index (Phi) is 3.49. The lowest BCUT2D eigenvalue weighted by molar-refractivity contribution is 0.0600. The molecular weight excluding hydrogens is 214 g/mol. The Morgan fingerprint density at radius 2 is 2.29 bits per heavy atom. The van der Waals surface area contributed by atoms with E-state index in [-0.39, 0.29) is 0 Å². The summed E-state index contributed by atoms with van der Waals surface area (Å²) in [5.74, 6) is 0. The Labute approximate surface area is 102 Å². The van der Waals surface area contributed by atoms with E-state index < -0.39 is 11.5 Å². The van der Waals surface area contributed by atoms with Crippen LogP contribution in [0.5, 0.6) is 0 Å². The molecule has 1 saturated carbocycles. The molecule has 0 aliphatic heterocycles. The van der Waals surface area contributed by atoms with E-state index in [2.05, 4.69) is 18.0 Å². The van der Waals surface area contributed by atoms with Gasteiger partial charge in [0.05, 0.1) is 29.7 Å². The number of aliphatic hydroxyl groups excluding tert-OH is 1. The summed E-state index contributed by atoms with van der Waals surface area (Å²) in [6.07, 6.45) is 7.38. The molecule has 1 atom stereocenters. The maximum Gasteiger partial charge on any atom is 0.114 e. The van der Waals surface area contributed by atoms with Crippen LogP contribution in [0.1, 0.15) is 50.8 Å². The summed E-state index contributed by atoms with van der Waals surface area (Å²) in [6, 6.07) is 2.34. The quantitative estimate of drug-likeness (QED) is 0.868. The Balaban J connectivity index is 2.26. The lowest BCUT2D eigenvalue weighted by Gasteiger charge is -2.27. The van der Waals surface area contributed by atoms with E-state index in [1.165, 1.54) is 0 Å². The molecule has 1 fully saturated rings. The predicted molar refractivity (Wildman–Crippen MR) is 64.0 cm³/mol. The van der Waals surface area contributed by atoms with Gasteiger partial charge in [-0.15, -0.1) is 0 Å². The standard InChI is InChI=1S/C13H19N3O/c1-2-7-16-10-15-8-11(16)12(17)13(9-14)5-3-4-6-13/h8,10,12,17H,2-7H2,1H3. The number of hydrogen-bond donors (Lipinski definition) is 1. The first-order valence-corrected chi connectivity index (χ1v) is 6.33. The number of rotatable bonds is 4. The summed E-state index contributed by atoms with van der Waals surface area (Å²) in [5.41, 5.74) is 0.196. The van der Waals surface area contributed by atoms with Crippen molar-refractivity contribution in [1.29, 1.82) is 5.26 Å². The van der Waals surface area contributed by atoms with Crippen LogP contribution in [0.2, 0.25) is 0 Å². The van der Waals surface area contributed by atoms with Crippen LogP contribution in [0.4, 0.5) is 0 Å². The minimum atomic E-state index is -0.705. The Morgan fingerprint density at radius 3 is 2.88 bits per heavy atom. The van der Waals surface area contributed by atoms with Gasteiger partial charge in [0.15, 0.2) is 0 Å². The van der Waals surface area contributed by atoms with Crippen LogP contribution in [-0.4, -0.2) is 14.7 Å². The minimum absolute atomic E-state index is 0.592. The number of aryl methyl sites for hydroxylation is 1. The number of aliphatic hydroxyl groups is 1. The lowest BCUT2D eigenvalue weighted by Crippen LogP contribution is -2.26. The third-order valence-electron chi connectivity index (χ3n) is 3.73. The highest BCUT2D eigenvalue weighted by Crippen LogP contribution is 2.46. The average Bonchev–Trinajstić information content (AvgIpc) is 2.97. The zero-order chi connectivity index (χ0) is 12.3. The van der Waals surface area contributed by atoms with Crippen LogP contribution in [0.15, 0.2) is 12.5 Å². The van der Waals surface area contributed by atoms with Crippen molar-refractivity contribution in [2.24, 2.45) is 5.41 Å². The summed E-state index contributed by atoms with van der Waals surface area (Å²) in [5, 5.41) is 19.9. The van der Waals surface area contributed by atoms with Crippen LogP contribution in [-0.2, 0) is 6.54 Å². The molecule has 4 nitrogen and oxygen atoms in total. The van der Waals surface area contributed by atoms with Crippen LogP contribution in [0.3, 0.4) is 0 Å². The van der Waals surface area contributed by atoms with Gasteiger partial charge in [-0.3, -0.25) is 0 Å². The van der Waals surface area contributed by atoms with Crippen LogP contribution < -0.4 is 0 Å². The Morgan fingerprint density at radius 1 is 1.59 bits per heavy atom. The topological polar surface area (TPSA) is 61.8 Å². The fraction of sp³-hybridized carbons (Fsp3) is 0.692. The van der Waals surface area contributed by atoms with Gasteiger partial charge in [-0.1, -0.05) is 19.8 Å². The molecule has 1 heterocycles. The zero-order valence-corrected chi connectivity index (χ0v) is 10.3. The van der Waals surface area contributed by atoms with Gasteiger partial charge < -0.3 is 9.67 Å². The van der Waals surface area contributed by atoms with E-state index >= 15 is 0 Å². The summed E-state index contributed by atoms with van der Waals surface area (Å²) in [7, 11) is 0. The van der Waals surface area contributed by atoms with E-state index in [4.69, 9.17) is 0 Å². The van der Waals surface area contributed by atoms with Crippen molar-refractivity contribution in [3.05, 3.63) is 18.2 Å². The van der Waals surface area contributed by atoms with Crippen molar-refractivity contribution in [2.75, 3.05) is 0 Å².